The lowest BCUT2D eigenvalue weighted by molar-refractivity contribution is 0.276. The van der Waals surface area contributed by atoms with Gasteiger partial charge in [0, 0.05) is 12.6 Å². The molecule has 80 valence electrons. The molecule has 2 aromatic rings. The highest BCUT2D eigenvalue weighted by Gasteiger charge is 2.08. The molecule has 5 heteroatoms. The second-order valence-electron chi connectivity index (χ2n) is 3.39. The minimum absolute atomic E-state index is 0.0380. The summed E-state index contributed by atoms with van der Waals surface area (Å²) in [6, 6.07) is 5.04. The van der Waals surface area contributed by atoms with E-state index in [4.69, 9.17) is 15.3 Å². The van der Waals surface area contributed by atoms with Gasteiger partial charge in [-0.25, -0.2) is 4.79 Å². The number of nitrogens with one attached hydrogen (secondary N) is 1. The Labute approximate surface area is 85.5 Å². The standard InChI is InChI=1S/C10H12N2O3/c11-7(3-4-13)6-1-2-8-9(5-6)15-10(14)12-8/h1-2,5,7,13H,3-4,11H2,(H,12,14). The molecule has 5 nitrogen and oxygen atoms in total. The van der Waals surface area contributed by atoms with E-state index in [1.807, 2.05) is 6.07 Å². The summed E-state index contributed by atoms with van der Waals surface area (Å²) >= 11 is 0. The smallest absolute Gasteiger partial charge is 0.408 e. The largest absolute Gasteiger partial charge is 0.417 e. The highest BCUT2D eigenvalue weighted by molar-refractivity contribution is 5.72. The van der Waals surface area contributed by atoms with Crippen LogP contribution in [0.4, 0.5) is 0 Å². The first-order valence-electron chi connectivity index (χ1n) is 4.70. The fourth-order valence-electron chi connectivity index (χ4n) is 1.50. The molecule has 0 fully saturated rings. The summed E-state index contributed by atoms with van der Waals surface area (Å²) in [4.78, 5) is 13.4. The van der Waals surface area contributed by atoms with Crippen molar-refractivity contribution in [2.45, 2.75) is 12.5 Å². The van der Waals surface area contributed by atoms with E-state index in [0.717, 1.165) is 5.56 Å². The van der Waals surface area contributed by atoms with Crippen LogP contribution in [0.2, 0.25) is 0 Å². The summed E-state index contributed by atoms with van der Waals surface area (Å²) in [6.45, 7) is 0.0380. The van der Waals surface area contributed by atoms with Crippen LogP contribution in [0.25, 0.3) is 11.1 Å². The molecule has 0 radical (unpaired) electrons. The second-order valence-corrected chi connectivity index (χ2v) is 3.39. The maximum atomic E-state index is 10.9. The highest BCUT2D eigenvalue weighted by Crippen LogP contribution is 2.18. The predicted octanol–water partition coefficient (Wildman–Crippen LogP) is 0.503. The normalized spacial score (nSPS) is 13.2. The van der Waals surface area contributed by atoms with Crippen molar-refractivity contribution in [3.63, 3.8) is 0 Å². The number of H-pyrrole nitrogens is 1. The molecule has 0 saturated carbocycles. The molecule has 0 aliphatic rings. The molecule has 1 aromatic carbocycles. The van der Waals surface area contributed by atoms with E-state index >= 15 is 0 Å². The average molecular weight is 208 g/mol. The average Bonchev–Trinajstić information content (AvgIpc) is 2.57. The van der Waals surface area contributed by atoms with E-state index in [1.165, 1.54) is 0 Å². The predicted molar refractivity (Wildman–Crippen MR) is 55.5 cm³/mol. The second kappa shape index (κ2) is 3.88. The lowest BCUT2D eigenvalue weighted by Gasteiger charge is -2.09. The van der Waals surface area contributed by atoms with Gasteiger partial charge in [-0.3, -0.25) is 4.98 Å². The Hall–Kier alpha value is -1.59. The van der Waals surface area contributed by atoms with Crippen molar-refractivity contribution in [2.75, 3.05) is 6.61 Å². The van der Waals surface area contributed by atoms with Crippen molar-refractivity contribution in [3.05, 3.63) is 34.3 Å². The number of fused-ring (bicyclic) bond motifs is 1. The van der Waals surface area contributed by atoms with Crippen LogP contribution < -0.4 is 11.5 Å². The summed E-state index contributed by atoms with van der Waals surface area (Å²) in [5.41, 5.74) is 7.80. The molecular formula is C10H12N2O3. The van der Waals surface area contributed by atoms with E-state index in [1.54, 1.807) is 12.1 Å². The van der Waals surface area contributed by atoms with Crippen LogP contribution in [-0.2, 0) is 0 Å². The van der Waals surface area contributed by atoms with Crippen molar-refractivity contribution in [3.8, 4) is 0 Å². The number of nitrogens with two attached hydrogens (primary N) is 1. The maximum Gasteiger partial charge on any atom is 0.417 e. The lowest BCUT2D eigenvalue weighted by Crippen LogP contribution is -2.11. The zero-order valence-corrected chi connectivity index (χ0v) is 8.06. The number of rotatable bonds is 3. The Balaban J connectivity index is 2.41. The minimum Gasteiger partial charge on any atom is -0.408 e. The topological polar surface area (TPSA) is 92.2 Å². The van der Waals surface area contributed by atoms with Crippen LogP contribution in [0.3, 0.4) is 0 Å². The van der Waals surface area contributed by atoms with Gasteiger partial charge in [-0.2, -0.15) is 0 Å². The van der Waals surface area contributed by atoms with Crippen molar-refractivity contribution in [1.82, 2.24) is 4.98 Å². The summed E-state index contributed by atoms with van der Waals surface area (Å²) in [5, 5.41) is 8.76. The van der Waals surface area contributed by atoms with Crippen molar-refractivity contribution in [1.29, 1.82) is 0 Å². The fraction of sp³-hybridized carbons (Fsp3) is 0.300. The molecular weight excluding hydrogens is 196 g/mol. The van der Waals surface area contributed by atoms with Crippen LogP contribution in [0.15, 0.2) is 27.4 Å². The van der Waals surface area contributed by atoms with E-state index in [0.29, 0.717) is 17.5 Å². The molecule has 0 aliphatic carbocycles. The quantitative estimate of drug-likeness (QED) is 0.685. The molecule has 4 N–H and O–H groups in total. The molecule has 2 rings (SSSR count). The zero-order chi connectivity index (χ0) is 10.8. The molecule has 1 heterocycles. The molecule has 0 bridgehead atoms. The number of oxazole rings is 1. The van der Waals surface area contributed by atoms with Crippen LogP contribution in [0.5, 0.6) is 0 Å². The molecule has 0 aliphatic heterocycles. The number of aromatic amines is 1. The van der Waals surface area contributed by atoms with Gasteiger partial charge in [0.1, 0.15) is 0 Å². The Bertz CT molecular complexity index is 515. The first kappa shape index (κ1) is 9.95. The molecule has 0 saturated heterocycles. The Morgan fingerprint density at radius 1 is 1.53 bits per heavy atom. The molecule has 1 atom stereocenters. The number of hydrogen-bond donors (Lipinski definition) is 3. The third-order valence-electron chi connectivity index (χ3n) is 2.31. The molecule has 15 heavy (non-hydrogen) atoms. The van der Waals surface area contributed by atoms with Crippen LogP contribution >= 0.6 is 0 Å². The van der Waals surface area contributed by atoms with Crippen LogP contribution in [0.1, 0.15) is 18.0 Å². The first-order chi connectivity index (χ1) is 7.20. The van der Waals surface area contributed by atoms with Gasteiger partial charge in [0.2, 0.25) is 0 Å². The maximum absolute atomic E-state index is 10.9. The van der Waals surface area contributed by atoms with E-state index in [2.05, 4.69) is 4.98 Å². The van der Waals surface area contributed by atoms with Gasteiger partial charge in [0.15, 0.2) is 5.58 Å². The van der Waals surface area contributed by atoms with Crippen molar-refractivity contribution < 1.29 is 9.52 Å². The third-order valence-corrected chi connectivity index (χ3v) is 2.31. The van der Waals surface area contributed by atoms with E-state index in [9.17, 15) is 4.79 Å². The minimum atomic E-state index is -0.474. The molecule has 0 amide bonds. The zero-order valence-electron chi connectivity index (χ0n) is 8.06. The van der Waals surface area contributed by atoms with Gasteiger partial charge in [-0.15, -0.1) is 0 Å². The van der Waals surface area contributed by atoms with E-state index < -0.39 is 5.76 Å². The fourth-order valence-corrected chi connectivity index (χ4v) is 1.50. The lowest BCUT2D eigenvalue weighted by atomic mass is 10.0. The first-order valence-corrected chi connectivity index (χ1v) is 4.70. The summed E-state index contributed by atoms with van der Waals surface area (Å²) in [5.74, 6) is -0.474. The van der Waals surface area contributed by atoms with Gasteiger partial charge in [0.25, 0.3) is 0 Å². The Morgan fingerprint density at radius 3 is 3.07 bits per heavy atom. The Kier molecular flexibility index (Phi) is 2.57. The number of benzene rings is 1. The van der Waals surface area contributed by atoms with Crippen LogP contribution in [-0.4, -0.2) is 16.7 Å². The third kappa shape index (κ3) is 1.93. The number of aliphatic hydroxyl groups excluding tert-OH is 1. The van der Waals surface area contributed by atoms with Crippen molar-refractivity contribution >= 4 is 11.1 Å². The summed E-state index contributed by atoms with van der Waals surface area (Å²) in [7, 11) is 0. The number of aromatic nitrogens is 1. The van der Waals surface area contributed by atoms with Gasteiger partial charge in [0.05, 0.1) is 5.52 Å². The highest BCUT2D eigenvalue weighted by atomic mass is 16.4. The van der Waals surface area contributed by atoms with Gasteiger partial charge in [-0.05, 0) is 24.1 Å². The molecule has 0 spiro atoms. The summed E-state index contributed by atoms with van der Waals surface area (Å²) < 4.78 is 4.91. The SMILES string of the molecule is NC(CCO)c1ccc2[nH]c(=O)oc2c1. The van der Waals surface area contributed by atoms with Gasteiger partial charge >= 0.3 is 5.76 Å². The molecule has 1 unspecified atom stereocenters. The number of hydrogen-bond acceptors (Lipinski definition) is 4. The van der Waals surface area contributed by atoms with Gasteiger partial charge < -0.3 is 15.3 Å². The van der Waals surface area contributed by atoms with Crippen molar-refractivity contribution in [2.24, 2.45) is 5.73 Å². The molecule has 1 aromatic heterocycles. The Morgan fingerprint density at radius 2 is 2.33 bits per heavy atom. The van der Waals surface area contributed by atoms with Crippen LogP contribution in [0, 0.1) is 0 Å². The van der Waals surface area contributed by atoms with Gasteiger partial charge in [-0.1, -0.05) is 6.07 Å². The van der Waals surface area contributed by atoms with E-state index in [-0.39, 0.29) is 12.6 Å². The monoisotopic (exact) mass is 208 g/mol. The summed E-state index contributed by atoms with van der Waals surface area (Å²) in [6.07, 6.45) is 0.486. The number of aliphatic hydroxyl groups is 1.